The predicted octanol–water partition coefficient (Wildman–Crippen LogP) is 11.7. The molecule has 0 amide bonds. The summed E-state index contributed by atoms with van der Waals surface area (Å²) in [6.07, 6.45) is 37.7. The fraction of sp³-hybridized carbons (Fsp3) is 1.00. The zero-order valence-electron chi connectivity index (χ0n) is 32.4. The highest BCUT2D eigenvalue weighted by Gasteiger charge is 2.38. The van der Waals surface area contributed by atoms with E-state index in [0.29, 0.717) is 12.8 Å². The van der Waals surface area contributed by atoms with Gasteiger partial charge in [0.05, 0.1) is 36.6 Å². The Bertz CT molecular complexity index is 578. The second kappa shape index (κ2) is 33.0. The summed E-state index contributed by atoms with van der Waals surface area (Å²) in [5.41, 5.74) is -1.17. The quantitative estimate of drug-likeness (QED) is 0.0491. The summed E-state index contributed by atoms with van der Waals surface area (Å²) >= 11 is 0. The van der Waals surface area contributed by atoms with Gasteiger partial charge in [0.25, 0.3) is 0 Å². The van der Waals surface area contributed by atoms with E-state index in [1.54, 1.807) is 0 Å². The van der Waals surface area contributed by atoms with Crippen molar-refractivity contribution in [1.29, 1.82) is 0 Å². The highest BCUT2D eigenvalue weighted by Crippen LogP contribution is 2.36. The van der Waals surface area contributed by atoms with E-state index in [9.17, 15) is 20.4 Å². The molecule has 4 atom stereocenters. The molecule has 0 bridgehead atoms. The minimum absolute atomic E-state index is 0.271. The maximum Gasteiger partial charge on any atom is 0.0798 e. The van der Waals surface area contributed by atoms with Crippen molar-refractivity contribution < 1.29 is 25.2 Å². The third-order valence-corrected chi connectivity index (χ3v) is 10.4. The fourth-order valence-electron chi connectivity index (χ4n) is 7.50. The number of aliphatic hydroxyl groups is 4. The lowest BCUT2D eigenvalue weighted by Crippen LogP contribution is -2.45. The Morgan fingerprint density at radius 1 is 0.383 bits per heavy atom. The van der Waals surface area contributed by atoms with Crippen molar-refractivity contribution >= 4 is 0 Å². The third kappa shape index (κ3) is 30.4. The topological polar surface area (TPSA) is 90.2 Å². The number of unbranched alkanes of at least 4 members (excludes halogenated alkanes) is 26. The fourth-order valence-corrected chi connectivity index (χ4v) is 7.50. The first-order valence-electron chi connectivity index (χ1n) is 21.0. The first-order chi connectivity index (χ1) is 22.7. The molecular formula is C42H86O5. The molecule has 0 rings (SSSR count). The minimum Gasteiger partial charge on any atom is -0.394 e. The zero-order valence-corrected chi connectivity index (χ0v) is 32.4. The van der Waals surface area contributed by atoms with Gasteiger partial charge in [-0.2, -0.15) is 0 Å². The summed E-state index contributed by atoms with van der Waals surface area (Å²) in [7, 11) is 0. The van der Waals surface area contributed by atoms with Gasteiger partial charge in [-0.05, 0) is 26.7 Å². The number of hydrogen-bond acceptors (Lipinski definition) is 5. The zero-order chi connectivity index (χ0) is 34.9. The van der Waals surface area contributed by atoms with Crippen molar-refractivity contribution in [2.24, 2.45) is 0 Å². The molecule has 5 nitrogen and oxygen atoms in total. The Balaban J connectivity index is 4.48. The van der Waals surface area contributed by atoms with Crippen LogP contribution < -0.4 is 0 Å². The summed E-state index contributed by atoms with van der Waals surface area (Å²) in [5, 5.41) is 40.1. The van der Waals surface area contributed by atoms with Crippen LogP contribution in [0.15, 0.2) is 0 Å². The molecule has 0 aliphatic rings. The third-order valence-electron chi connectivity index (χ3n) is 10.4. The van der Waals surface area contributed by atoms with Gasteiger partial charge in [-0.15, -0.1) is 0 Å². The van der Waals surface area contributed by atoms with Crippen LogP contribution in [0.1, 0.15) is 233 Å². The largest absolute Gasteiger partial charge is 0.394 e. The molecule has 47 heavy (non-hydrogen) atoms. The molecule has 4 N–H and O–H groups in total. The minimum atomic E-state index is -0.820. The molecule has 0 aliphatic heterocycles. The van der Waals surface area contributed by atoms with Crippen molar-refractivity contribution in [2.75, 3.05) is 13.2 Å². The van der Waals surface area contributed by atoms with Gasteiger partial charge < -0.3 is 25.2 Å². The van der Waals surface area contributed by atoms with E-state index in [1.807, 2.05) is 0 Å². The van der Waals surface area contributed by atoms with Gasteiger partial charge in [0.2, 0.25) is 0 Å². The van der Waals surface area contributed by atoms with Crippen LogP contribution in [0.4, 0.5) is 0 Å². The van der Waals surface area contributed by atoms with Crippen LogP contribution in [0.5, 0.6) is 0 Å². The molecule has 0 radical (unpaired) electrons. The molecular weight excluding hydrogens is 584 g/mol. The molecule has 0 saturated heterocycles. The Morgan fingerprint density at radius 3 is 0.809 bits per heavy atom. The van der Waals surface area contributed by atoms with Crippen molar-refractivity contribution in [3.63, 3.8) is 0 Å². The van der Waals surface area contributed by atoms with E-state index >= 15 is 0 Å². The number of hydrogen-bond donors (Lipinski definition) is 4. The summed E-state index contributed by atoms with van der Waals surface area (Å²) in [6.45, 7) is 8.16. The molecule has 4 unspecified atom stereocenters. The molecule has 0 aromatic carbocycles. The smallest absolute Gasteiger partial charge is 0.0798 e. The van der Waals surface area contributed by atoms with E-state index in [2.05, 4.69) is 27.7 Å². The van der Waals surface area contributed by atoms with E-state index in [0.717, 1.165) is 38.5 Å². The summed E-state index contributed by atoms with van der Waals surface area (Å²) in [5.74, 6) is 0. The number of ether oxygens (including phenoxy) is 1. The Hall–Kier alpha value is -0.200. The number of aliphatic hydroxyl groups excluding tert-OH is 4. The van der Waals surface area contributed by atoms with E-state index in [4.69, 9.17) is 4.74 Å². The lowest BCUT2D eigenvalue weighted by molar-refractivity contribution is -0.178. The van der Waals surface area contributed by atoms with Crippen LogP contribution in [-0.2, 0) is 4.74 Å². The molecule has 0 fully saturated rings. The van der Waals surface area contributed by atoms with Crippen LogP contribution in [0, 0.1) is 0 Å². The van der Waals surface area contributed by atoms with Crippen molar-refractivity contribution in [1.82, 2.24) is 0 Å². The Morgan fingerprint density at radius 2 is 0.596 bits per heavy atom. The van der Waals surface area contributed by atoms with Crippen LogP contribution in [0.2, 0.25) is 0 Å². The average Bonchev–Trinajstić information content (AvgIpc) is 3.04. The van der Waals surface area contributed by atoms with E-state index in [-0.39, 0.29) is 13.2 Å². The monoisotopic (exact) mass is 671 g/mol. The van der Waals surface area contributed by atoms with Gasteiger partial charge in [-0.1, -0.05) is 194 Å². The maximum atomic E-state index is 10.4. The standard InChI is InChI=1S/C42H86O5/c1-5-7-9-11-13-15-17-19-21-23-25-27-29-31-33-41(3,35-39(45)37-43)47-42(4,36-40(46)38-44)34-32-30-28-26-24-22-20-18-16-14-12-10-8-6-2/h39-40,43-46H,5-38H2,1-4H3. The predicted molar refractivity (Wildman–Crippen MR) is 203 cm³/mol. The molecule has 0 heterocycles. The molecule has 0 aromatic heterocycles. The lowest BCUT2D eigenvalue weighted by Gasteiger charge is -2.42. The summed E-state index contributed by atoms with van der Waals surface area (Å²) < 4.78 is 6.86. The SMILES string of the molecule is CCCCCCCCCCCCCCCCC(C)(CC(O)CO)OC(C)(CCCCCCCCCCCCCCCC)CC(O)CO. The van der Waals surface area contributed by atoms with Crippen molar-refractivity contribution in [3.8, 4) is 0 Å². The van der Waals surface area contributed by atoms with Crippen LogP contribution >= 0.6 is 0 Å². The second-order valence-electron chi connectivity index (χ2n) is 15.8. The Kier molecular flexibility index (Phi) is 32.8. The number of rotatable bonds is 38. The van der Waals surface area contributed by atoms with Crippen LogP contribution in [-0.4, -0.2) is 57.0 Å². The van der Waals surface area contributed by atoms with Crippen molar-refractivity contribution in [3.05, 3.63) is 0 Å². The normalized spacial score (nSPS) is 15.8. The van der Waals surface area contributed by atoms with Crippen LogP contribution in [0.25, 0.3) is 0 Å². The second-order valence-corrected chi connectivity index (χ2v) is 15.8. The highest BCUT2D eigenvalue weighted by molar-refractivity contribution is 4.87. The molecule has 0 aliphatic carbocycles. The van der Waals surface area contributed by atoms with E-state index in [1.165, 1.54) is 154 Å². The van der Waals surface area contributed by atoms with Gasteiger partial charge >= 0.3 is 0 Å². The highest BCUT2D eigenvalue weighted by atomic mass is 16.5. The molecule has 5 heteroatoms. The van der Waals surface area contributed by atoms with Crippen LogP contribution in [0.3, 0.4) is 0 Å². The maximum absolute atomic E-state index is 10.4. The molecule has 284 valence electrons. The molecule has 0 saturated carbocycles. The molecule has 0 spiro atoms. The van der Waals surface area contributed by atoms with Gasteiger partial charge in [-0.25, -0.2) is 0 Å². The first kappa shape index (κ1) is 46.8. The first-order valence-corrected chi connectivity index (χ1v) is 21.0. The van der Waals surface area contributed by atoms with Crippen molar-refractivity contribution in [2.45, 2.75) is 257 Å². The summed E-state index contributed by atoms with van der Waals surface area (Å²) in [4.78, 5) is 0. The average molecular weight is 671 g/mol. The molecule has 0 aromatic rings. The Labute approximate surface area is 294 Å². The van der Waals surface area contributed by atoms with Gasteiger partial charge in [-0.3, -0.25) is 0 Å². The summed E-state index contributed by atoms with van der Waals surface area (Å²) in [6, 6.07) is 0. The van der Waals surface area contributed by atoms with Gasteiger partial charge in [0, 0.05) is 12.8 Å². The van der Waals surface area contributed by atoms with Gasteiger partial charge in [0.15, 0.2) is 0 Å². The lowest BCUT2D eigenvalue weighted by atomic mass is 9.86. The van der Waals surface area contributed by atoms with Gasteiger partial charge in [0.1, 0.15) is 0 Å². The van der Waals surface area contributed by atoms with E-state index < -0.39 is 23.4 Å².